The Balaban J connectivity index is 2.95. The molecule has 2 rings (SSSR count). The molecule has 0 amide bonds. The van der Waals surface area contributed by atoms with Crippen molar-refractivity contribution >= 4 is 27.0 Å². The first-order chi connectivity index (χ1) is 6.18. The van der Waals surface area contributed by atoms with Gasteiger partial charge in [-0.05, 0) is 28.1 Å². The molecule has 0 saturated heterocycles. The highest BCUT2D eigenvalue weighted by Gasteiger charge is 1.99. The zero-order valence-corrected chi connectivity index (χ0v) is 8.58. The third-order valence-corrected chi connectivity index (χ3v) is 2.35. The van der Waals surface area contributed by atoms with Crippen molar-refractivity contribution in [1.29, 1.82) is 0 Å². The van der Waals surface area contributed by atoms with E-state index < -0.39 is 0 Å². The molecule has 0 atom stereocenters. The van der Waals surface area contributed by atoms with E-state index in [-0.39, 0.29) is 5.56 Å². The molecule has 2 aromatic rings. The van der Waals surface area contributed by atoms with Gasteiger partial charge in [0, 0.05) is 29.2 Å². The molecule has 0 saturated carbocycles. The average molecular weight is 239 g/mol. The minimum absolute atomic E-state index is 0.0395. The summed E-state index contributed by atoms with van der Waals surface area (Å²) in [7, 11) is 1.71. The van der Waals surface area contributed by atoms with Gasteiger partial charge in [0.05, 0.1) is 0 Å². The molecule has 0 unspecified atom stereocenters. The van der Waals surface area contributed by atoms with Gasteiger partial charge in [-0.1, -0.05) is 0 Å². The van der Waals surface area contributed by atoms with Crippen LogP contribution in [0.25, 0.3) is 11.0 Å². The second-order valence-corrected chi connectivity index (χ2v) is 3.71. The molecule has 0 aliphatic rings. The minimum Gasteiger partial charge on any atom is -0.296 e. The fraction of sp³-hybridized carbons (Fsp3) is 0.111. The topological polar surface area (TPSA) is 34.9 Å². The van der Waals surface area contributed by atoms with Crippen LogP contribution in [0.4, 0.5) is 0 Å². The van der Waals surface area contributed by atoms with Crippen LogP contribution < -0.4 is 5.56 Å². The molecule has 4 heteroatoms. The van der Waals surface area contributed by atoms with Gasteiger partial charge < -0.3 is 0 Å². The van der Waals surface area contributed by atoms with Crippen molar-refractivity contribution in [2.45, 2.75) is 0 Å². The third-order valence-electron chi connectivity index (χ3n) is 1.92. The van der Waals surface area contributed by atoms with E-state index in [1.165, 1.54) is 10.6 Å². The van der Waals surface area contributed by atoms with Gasteiger partial charge in [0.1, 0.15) is 5.65 Å². The van der Waals surface area contributed by atoms with Crippen molar-refractivity contribution in [3.05, 3.63) is 39.2 Å². The summed E-state index contributed by atoms with van der Waals surface area (Å²) in [6.07, 6.45) is 1.68. The molecule has 0 N–H and O–H groups in total. The summed E-state index contributed by atoms with van der Waals surface area (Å²) in [6, 6.07) is 5.24. The van der Waals surface area contributed by atoms with E-state index in [4.69, 9.17) is 0 Å². The van der Waals surface area contributed by atoms with Crippen molar-refractivity contribution < 1.29 is 0 Å². The Morgan fingerprint density at radius 3 is 3.00 bits per heavy atom. The van der Waals surface area contributed by atoms with E-state index in [0.717, 1.165) is 9.86 Å². The number of fused-ring (bicyclic) bond motifs is 1. The lowest BCUT2D eigenvalue weighted by Crippen LogP contribution is -2.15. The molecule has 2 heterocycles. The van der Waals surface area contributed by atoms with Crippen molar-refractivity contribution in [3.8, 4) is 0 Å². The normalized spacial score (nSPS) is 10.6. The molecule has 0 radical (unpaired) electrons. The van der Waals surface area contributed by atoms with Crippen LogP contribution in [-0.2, 0) is 7.05 Å². The summed E-state index contributed by atoms with van der Waals surface area (Å²) in [4.78, 5) is 15.4. The lowest BCUT2D eigenvalue weighted by atomic mass is 10.3. The molecule has 0 aliphatic heterocycles. The molecule has 0 fully saturated rings. The Labute approximate surface area is 83.2 Å². The molecule has 2 aromatic heterocycles. The molecule has 13 heavy (non-hydrogen) atoms. The van der Waals surface area contributed by atoms with Crippen molar-refractivity contribution in [3.63, 3.8) is 0 Å². The van der Waals surface area contributed by atoms with Crippen LogP contribution in [0.15, 0.2) is 33.7 Å². The van der Waals surface area contributed by atoms with E-state index in [9.17, 15) is 4.79 Å². The minimum atomic E-state index is -0.0395. The maximum Gasteiger partial charge on any atom is 0.251 e. The van der Waals surface area contributed by atoms with E-state index in [1.54, 1.807) is 19.3 Å². The first kappa shape index (κ1) is 8.44. The second kappa shape index (κ2) is 2.96. The lowest BCUT2D eigenvalue weighted by Gasteiger charge is -2.02. The monoisotopic (exact) mass is 238 g/mol. The van der Waals surface area contributed by atoms with Crippen LogP contribution in [0.2, 0.25) is 0 Å². The molecular weight excluding hydrogens is 232 g/mol. The quantitative estimate of drug-likeness (QED) is 0.701. The van der Waals surface area contributed by atoms with E-state index in [1.807, 2.05) is 6.07 Å². The van der Waals surface area contributed by atoms with Gasteiger partial charge in [0.2, 0.25) is 0 Å². The van der Waals surface area contributed by atoms with Gasteiger partial charge in [0.15, 0.2) is 0 Å². The van der Waals surface area contributed by atoms with Gasteiger partial charge in [-0.3, -0.25) is 9.36 Å². The maximum absolute atomic E-state index is 11.2. The van der Waals surface area contributed by atoms with Crippen LogP contribution in [0, 0.1) is 0 Å². The van der Waals surface area contributed by atoms with Crippen molar-refractivity contribution in [2.75, 3.05) is 0 Å². The number of hydrogen-bond donors (Lipinski definition) is 0. The molecule has 66 valence electrons. The third kappa shape index (κ3) is 1.37. The predicted molar refractivity (Wildman–Crippen MR) is 54.7 cm³/mol. The highest BCUT2D eigenvalue weighted by Crippen LogP contribution is 2.14. The van der Waals surface area contributed by atoms with E-state index >= 15 is 0 Å². The summed E-state index contributed by atoms with van der Waals surface area (Å²) in [6.45, 7) is 0. The number of pyridine rings is 2. The summed E-state index contributed by atoms with van der Waals surface area (Å²) in [5, 5.41) is 0.955. The number of rotatable bonds is 0. The van der Waals surface area contributed by atoms with Gasteiger partial charge in [0.25, 0.3) is 5.56 Å². The highest BCUT2D eigenvalue weighted by molar-refractivity contribution is 9.10. The zero-order valence-electron chi connectivity index (χ0n) is 6.99. The van der Waals surface area contributed by atoms with Gasteiger partial charge in [-0.25, -0.2) is 4.98 Å². The molecule has 0 aromatic carbocycles. The first-order valence-electron chi connectivity index (χ1n) is 3.80. The van der Waals surface area contributed by atoms with Crippen LogP contribution in [0.5, 0.6) is 0 Å². The van der Waals surface area contributed by atoms with Crippen LogP contribution in [0.3, 0.4) is 0 Å². The number of aromatic nitrogens is 2. The Bertz CT molecular complexity index is 518. The molecule has 0 bridgehead atoms. The number of hydrogen-bond acceptors (Lipinski definition) is 2. The van der Waals surface area contributed by atoms with Crippen LogP contribution >= 0.6 is 15.9 Å². The Hall–Kier alpha value is -1.16. The van der Waals surface area contributed by atoms with Crippen molar-refractivity contribution in [2.24, 2.45) is 7.05 Å². The first-order valence-corrected chi connectivity index (χ1v) is 4.59. The largest absolute Gasteiger partial charge is 0.296 e. The lowest BCUT2D eigenvalue weighted by molar-refractivity contribution is 0.887. The summed E-state index contributed by atoms with van der Waals surface area (Å²) < 4.78 is 2.44. The van der Waals surface area contributed by atoms with Crippen molar-refractivity contribution in [1.82, 2.24) is 9.55 Å². The van der Waals surface area contributed by atoms with Gasteiger partial charge in [-0.15, -0.1) is 0 Å². The Morgan fingerprint density at radius 2 is 2.23 bits per heavy atom. The Morgan fingerprint density at radius 1 is 1.46 bits per heavy atom. The van der Waals surface area contributed by atoms with Gasteiger partial charge >= 0.3 is 0 Å². The van der Waals surface area contributed by atoms with Gasteiger partial charge in [-0.2, -0.15) is 0 Å². The molecular formula is C9H7BrN2O. The summed E-state index contributed by atoms with van der Waals surface area (Å²) in [5.74, 6) is 0. The van der Waals surface area contributed by atoms with E-state index in [2.05, 4.69) is 20.9 Å². The number of nitrogens with zero attached hydrogens (tertiary/aromatic N) is 2. The van der Waals surface area contributed by atoms with Crippen LogP contribution in [-0.4, -0.2) is 9.55 Å². The smallest absolute Gasteiger partial charge is 0.251 e. The standard InChI is InChI=1S/C9H7BrN2O/c1-12-8(13)3-2-6-4-7(10)5-11-9(6)12/h2-5H,1H3. The fourth-order valence-corrected chi connectivity index (χ4v) is 1.58. The zero-order chi connectivity index (χ0) is 9.42. The number of halogens is 1. The second-order valence-electron chi connectivity index (χ2n) is 2.80. The predicted octanol–water partition coefficient (Wildman–Crippen LogP) is 1.70. The van der Waals surface area contributed by atoms with E-state index in [0.29, 0.717) is 5.65 Å². The molecule has 0 spiro atoms. The molecule has 3 nitrogen and oxygen atoms in total. The number of aryl methyl sites for hydroxylation is 1. The average Bonchev–Trinajstić information content (AvgIpc) is 2.12. The maximum atomic E-state index is 11.2. The SMILES string of the molecule is Cn1c(=O)ccc2cc(Br)cnc21. The fourth-order valence-electron chi connectivity index (χ4n) is 1.23. The summed E-state index contributed by atoms with van der Waals surface area (Å²) in [5.41, 5.74) is 0.665. The highest BCUT2D eigenvalue weighted by atomic mass is 79.9. The molecule has 0 aliphatic carbocycles. The van der Waals surface area contributed by atoms with Crippen LogP contribution in [0.1, 0.15) is 0 Å². The Kier molecular flexibility index (Phi) is 1.92. The summed E-state index contributed by atoms with van der Waals surface area (Å²) >= 11 is 3.33.